The van der Waals surface area contributed by atoms with Gasteiger partial charge in [0.15, 0.2) is 9.84 Å². The zero-order chi connectivity index (χ0) is 19.4. The number of sulfone groups is 1. The van der Waals surface area contributed by atoms with E-state index >= 15 is 0 Å². The number of rotatable bonds is 6. The van der Waals surface area contributed by atoms with Crippen LogP contribution in [0.1, 0.15) is 44.4 Å². The molecule has 140 valence electrons. The van der Waals surface area contributed by atoms with E-state index in [1.807, 2.05) is 43.3 Å². The van der Waals surface area contributed by atoms with Gasteiger partial charge in [-0.1, -0.05) is 64.1 Å². The van der Waals surface area contributed by atoms with Crippen molar-refractivity contribution in [3.8, 4) is 0 Å². The van der Waals surface area contributed by atoms with E-state index in [1.54, 1.807) is 12.1 Å². The Bertz CT molecular complexity index is 846. The van der Waals surface area contributed by atoms with E-state index in [2.05, 4.69) is 26.1 Å². The van der Waals surface area contributed by atoms with Gasteiger partial charge in [0.1, 0.15) is 5.75 Å². The summed E-state index contributed by atoms with van der Waals surface area (Å²) in [6.07, 6.45) is 0.913. The first-order chi connectivity index (χ1) is 12.1. The SMILES string of the molecule is CCc1ccc(NC(=O)CS(=O)(=O)Cc2ccc(C(C)(C)C)cc2)cc1. The van der Waals surface area contributed by atoms with Gasteiger partial charge in [-0.25, -0.2) is 8.42 Å². The Morgan fingerprint density at radius 3 is 1.96 bits per heavy atom. The Kier molecular flexibility index (Phi) is 6.24. The van der Waals surface area contributed by atoms with E-state index in [4.69, 9.17) is 0 Å². The second-order valence-electron chi connectivity index (χ2n) is 7.58. The van der Waals surface area contributed by atoms with E-state index in [1.165, 1.54) is 0 Å². The highest BCUT2D eigenvalue weighted by Crippen LogP contribution is 2.22. The minimum atomic E-state index is -3.53. The van der Waals surface area contributed by atoms with E-state index < -0.39 is 21.5 Å². The predicted octanol–water partition coefficient (Wildman–Crippen LogP) is 4.10. The maximum atomic E-state index is 12.3. The Hall–Kier alpha value is -2.14. The minimum Gasteiger partial charge on any atom is -0.325 e. The highest BCUT2D eigenvalue weighted by Gasteiger charge is 2.19. The van der Waals surface area contributed by atoms with Gasteiger partial charge < -0.3 is 5.32 Å². The van der Waals surface area contributed by atoms with Gasteiger partial charge in [-0.15, -0.1) is 0 Å². The number of amides is 1. The summed E-state index contributed by atoms with van der Waals surface area (Å²) in [5.74, 6) is -1.18. The van der Waals surface area contributed by atoms with Crippen LogP contribution in [-0.4, -0.2) is 20.1 Å². The van der Waals surface area contributed by atoms with Crippen molar-refractivity contribution in [2.45, 2.75) is 45.3 Å². The van der Waals surface area contributed by atoms with Crippen molar-refractivity contribution in [2.24, 2.45) is 0 Å². The molecule has 0 saturated heterocycles. The van der Waals surface area contributed by atoms with Crippen molar-refractivity contribution in [1.29, 1.82) is 0 Å². The highest BCUT2D eigenvalue weighted by molar-refractivity contribution is 7.91. The molecule has 0 spiro atoms. The van der Waals surface area contributed by atoms with Crippen LogP contribution < -0.4 is 5.32 Å². The Morgan fingerprint density at radius 1 is 0.923 bits per heavy atom. The molecule has 0 radical (unpaired) electrons. The van der Waals surface area contributed by atoms with Crippen LogP contribution in [0.5, 0.6) is 0 Å². The smallest absolute Gasteiger partial charge is 0.239 e. The minimum absolute atomic E-state index is 0.0185. The number of carbonyl (C=O) groups excluding carboxylic acids is 1. The molecule has 26 heavy (non-hydrogen) atoms. The lowest BCUT2D eigenvalue weighted by Gasteiger charge is -2.19. The molecule has 4 nitrogen and oxygen atoms in total. The predicted molar refractivity (Wildman–Crippen MR) is 107 cm³/mol. The van der Waals surface area contributed by atoms with Crippen LogP contribution in [0.4, 0.5) is 5.69 Å². The number of benzene rings is 2. The summed E-state index contributed by atoms with van der Waals surface area (Å²) in [5, 5.41) is 2.65. The molecular weight excluding hydrogens is 346 g/mol. The van der Waals surface area contributed by atoms with E-state index in [-0.39, 0.29) is 11.2 Å². The van der Waals surface area contributed by atoms with E-state index in [0.717, 1.165) is 17.5 Å². The zero-order valence-corrected chi connectivity index (χ0v) is 16.7. The van der Waals surface area contributed by atoms with Crippen molar-refractivity contribution in [2.75, 3.05) is 11.1 Å². The summed E-state index contributed by atoms with van der Waals surface area (Å²) >= 11 is 0. The number of hydrogen-bond acceptors (Lipinski definition) is 3. The molecule has 1 amide bonds. The van der Waals surface area contributed by atoms with Crippen LogP contribution in [0.25, 0.3) is 0 Å². The topological polar surface area (TPSA) is 63.2 Å². The average molecular weight is 374 g/mol. The molecule has 2 aromatic rings. The Balaban J connectivity index is 1.97. The molecule has 0 aromatic heterocycles. The van der Waals surface area contributed by atoms with Crippen molar-refractivity contribution in [3.63, 3.8) is 0 Å². The lowest BCUT2D eigenvalue weighted by molar-refractivity contribution is -0.113. The molecule has 1 N–H and O–H groups in total. The molecule has 5 heteroatoms. The van der Waals surface area contributed by atoms with E-state index in [0.29, 0.717) is 11.3 Å². The molecule has 0 fully saturated rings. The quantitative estimate of drug-likeness (QED) is 0.829. The fraction of sp³-hybridized carbons (Fsp3) is 0.381. The molecular formula is C21H27NO3S. The second-order valence-corrected chi connectivity index (χ2v) is 9.64. The Morgan fingerprint density at radius 2 is 1.46 bits per heavy atom. The van der Waals surface area contributed by atoms with Crippen molar-refractivity contribution >= 4 is 21.4 Å². The normalized spacial score (nSPS) is 12.0. The molecule has 0 saturated carbocycles. The monoisotopic (exact) mass is 373 g/mol. The molecule has 0 aliphatic heterocycles. The van der Waals surface area contributed by atoms with Crippen LogP contribution in [0.15, 0.2) is 48.5 Å². The molecule has 2 aromatic carbocycles. The number of anilines is 1. The van der Waals surface area contributed by atoms with Crippen LogP contribution in [0.3, 0.4) is 0 Å². The van der Waals surface area contributed by atoms with Crippen LogP contribution in [-0.2, 0) is 32.2 Å². The van der Waals surface area contributed by atoms with Gasteiger partial charge >= 0.3 is 0 Å². The molecule has 0 bridgehead atoms. The largest absolute Gasteiger partial charge is 0.325 e. The lowest BCUT2D eigenvalue weighted by Crippen LogP contribution is -2.24. The number of nitrogens with one attached hydrogen (secondary N) is 1. The van der Waals surface area contributed by atoms with Gasteiger partial charge in [-0.2, -0.15) is 0 Å². The first kappa shape index (κ1) is 20.2. The summed E-state index contributed by atoms with van der Waals surface area (Å²) in [5.41, 5.74) is 3.63. The van der Waals surface area contributed by atoms with Gasteiger partial charge in [0, 0.05) is 5.69 Å². The lowest BCUT2D eigenvalue weighted by atomic mass is 9.87. The maximum Gasteiger partial charge on any atom is 0.239 e. The molecule has 0 aliphatic carbocycles. The fourth-order valence-corrected chi connectivity index (χ4v) is 3.90. The number of hydrogen-bond donors (Lipinski definition) is 1. The third kappa shape index (κ3) is 5.99. The van der Waals surface area contributed by atoms with Crippen molar-refractivity contribution in [1.82, 2.24) is 0 Å². The van der Waals surface area contributed by atoms with Gasteiger partial charge in [-0.3, -0.25) is 4.79 Å². The Labute approximate surface area is 156 Å². The van der Waals surface area contributed by atoms with Crippen molar-refractivity contribution in [3.05, 3.63) is 65.2 Å². The molecule has 0 aliphatic rings. The molecule has 0 unspecified atom stereocenters. The maximum absolute atomic E-state index is 12.3. The van der Waals surface area contributed by atoms with Crippen LogP contribution in [0, 0.1) is 0 Å². The van der Waals surface area contributed by atoms with Crippen molar-refractivity contribution < 1.29 is 13.2 Å². The third-order valence-electron chi connectivity index (χ3n) is 4.20. The summed E-state index contributed by atoms with van der Waals surface area (Å²) < 4.78 is 24.6. The first-order valence-electron chi connectivity index (χ1n) is 8.78. The summed E-state index contributed by atoms with van der Waals surface area (Å²) in [6.45, 7) is 8.37. The fourth-order valence-electron chi connectivity index (χ4n) is 2.63. The highest BCUT2D eigenvalue weighted by atomic mass is 32.2. The zero-order valence-electron chi connectivity index (χ0n) is 15.9. The van der Waals surface area contributed by atoms with Crippen LogP contribution >= 0.6 is 0 Å². The second kappa shape index (κ2) is 8.04. The standard InChI is InChI=1S/C21H27NO3S/c1-5-16-8-12-19(13-9-16)22-20(23)15-26(24,25)14-17-6-10-18(11-7-17)21(2,3)4/h6-13H,5,14-15H2,1-4H3,(H,22,23). The van der Waals surface area contributed by atoms with E-state index in [9.17, 15) is 13.2 Å². The number of carbonyl (C=O) groups is 1. The molecule has 2 rings (SSSR count). The molecule has 0 atom stereocenters. The summed E-state index contributed by atoms with van der Waals surface area (Å²) in [7, 11) is -3.53. The van der Waals surface area contributed by atoms with Crippen LogP contribution in [0.2, 0.25) is 0 Å². The van der Waals surface area contributed by atoms with Gasteiger partial charge in [-0.05, 0) is 40.7 Å². The van der Waals surface area contributed by atoms with Gasteiger partial charge in [0.25, 0.3) is 0 Å². The molecule has 0 heterocycles. The van der Waals surface area contributed by atoms with Gasteiger partial charge in [0.2, 0.25) is 5.91 Å². The van der Waals surface area contributed by atoms with Gasteiger partial charge in [0.05, 0.1) is 5.75 Å². The summed E-state index contributed by atoms with van der Waals surface area (Å²) in [4.78, 5) is 12.1. The first-order valence-corrected chi connectivity index (χ1v) is 10.6. The average Bonchev–Trinajstić information content (AvgIpc) is 2.54. The third-order valence-corrected chi connectivity index (χ3v) is 5.68. The summed E-state index contributed by atoms with van der Waals surface area (Å²) in [6, 6.07) is 14.9. The number of aryl methyl sites for hydroxylation is 1.